The summed E-state index contributed by atoms with van der Waals surface area (Å²) in [7, 11) is 1.54. The molecule has 1 aliphatic carbocycles. The molecule has 3 aromatic heterocycles. The van der Waals surface area contributed by atoms with Gasteiger partial charge in [-0.2, -0.15) is 23.4 Å². The minimum atomic E-state index is -4.46. The molecule has 0 bridgehead atoms. The molecule has 0 spiro atoms. The van der Waals surface area contributed by atoms with Crippen LogP contribution in [0.1, 0.15) is 86.4 Å². The van der Waals surface area contributed by atoms with Gasteiger partial charge in [0.05, 0.1) is 42.1 Å². The van der Waals surface area contributed by atoms with Gasteiger partial charge in [-0.3, -0.25) is 14.3 Å². The zero-order valence-electron chi connectivity index (χ0n) is 28.4. The number of imidazole rings is 1. The van der Waals surface area contributed by atoms with Gasteiger partial charge in [-0.25, -0.2) is 9.50 Å². The Balaban J connectivity index is 1.26. The van der Waals surface area contributed by atoms with Crippen LogP contribution in [0.5, 0.6) is 5.75 Å². The number of hydrogen-bond donors (Lipinski definition) is 1. The third kappa shape index (κ3) is 7.45. The molecular formula is C36H44F3N7O3. The van der Waals surface area contributed by atoms with Crippen molar-refractivity contribution in [3.05, 3.63) is 77.5 Å². The zero-order chi connectivity index (χ0) is 34.9. The number of carbonyl (C=O) groups is 2. The smallest absolute Gasteiger partial charge is 0.393 e. The number of nitrogens with zero attached hydrogens (tertiary/aromatic N) is 6. The lowest BCUT2D eigenvalue weighted by Gasteiger charge is -2.44. The quantitative estimate of drug-likeness (QED) is 0.208. The molecule has 1 N–H and O–H groups in total. The molecule has 1 saturated heterocycles. The van der Waals surface area contributed by atoms with Gasteiger partial charge in [-0.1, -0.05) is 38.8 Å². The first-order valence-electron chi connectivity index (χ1n) is 17.0. The summed E-state index contributed by atoms with van der Waals surface area (Å²) >= 11 is 0. The molecule has 1 saturated carbocycles. The highest BCUT2D eigenvalue weighted by Crippen LogP contribution is 2.44. The number of piperidine rings is 1. The van der Waals surface area contributed by atoms with Gasteiger partial charge in [-0.05, 0) is 73.9 Å². The Bertz CT molecular complexity index is 1780. The second-order valence-electron chi connectivity index (χ2n) is 14.0. The highest BCUT2D eigenvalue weighted by molar-refractivity contribution is 5.92. The SMILES string of the molecule is CCn1nccc1C(=O)N[C@H](c1cn2nc(CC3(C)C[C@@H](C(F)(F)F)CN(Cc4ccc(OC)cc4)C3=O)ccc2n1)C1CCC(C)CC1. The number of benzene rings is 1. The van der Waals surface area contributed by atoms with Crippen molar-refractivity contribution in [1.29, 1.82) is 0 Å². The van der Waals surface area contributed by atoms with E-state index in [1.165, 1.54) is 12.0 Å². The fourth-order valence-electron chi connectivity index (χ4n) is 7.51. The third-order valence-corrected chi connectivity index (χ3v) is 10.3. The summed E-state index contributed by atoms with van der Waals surface area (Å²) in [6.45, 7) is 6.01. The van der Waals surface area contributed by atoms with Crippen molar-refractivity contribution in [2.75, 3.05) is 13.7 Å². The van der Waals surface area contributed by atoms with Crippen molar-refractivity contribution in [2.45, 2.75) is 84.6 Å². The average Bonchev–Trinajstić information content (AvgIpc) is 3.73. The summed E-state index contributed by atoms with van der Waals surface area (Å²) in [5.74, 6) is -0.802. The number of fused-ring (bicyclic) bond motifs is 1. The molecular weight excluding hydrogens is 635 g/mol. The van der Waals surface area contributed by atoms with Crippen molar-refractivity contribution in [3.63, 3.8) is 0 Å². The summed E-state index contributed by atoms with van der Waals surface area (Å²) in [6, 6.07) is 11.8. The van der Waals surface area contributed by atoms with Gasteiger partial charge in [0, 0.05) is 32.3 Å². The van der Waals surface area contributed by atoms with E-state index < -0.39 is 24.1 Å². The van der Waals surface area contributed by atoms with E-state index in [2.05, 4.69) is 17.3 Å². The van der Waals surface area contributed by atoms with Gasteiger partial charge in [-0.15, -0.1) is 0 Å². The number of rotatable bonds is 10. The van der Waals surface area contributed by atoms with E-state index in [9.17, 15) is 22.8 Å². The molecule has 0 radical (unpaired) electrons. The van der Waals surface area contributed by atoms with Gasteiger partial charge in [0.2, 0.25) is 5.91 Å². The fourth-order valence-corrected chi connectivity index (χ4v) is 7.51. The topological polar surface area (TPSA) is 107 Å². The van der Waals surface area contributed by atoms with Crippen molar-refractivity contribution in [3.8, 4) is 5.75 Å². The van der Waals surface area contributed by atoms with Crippen LogP contribution in [0, 0.1) is 23.2 Å². The summed E-state index contributed by atoms with van der Waals surface area (Å²) in [5.41, 5.74) is 1.57. The van der Waals surface area contributed by atoms with E-state index >= 15 is 0 Å². The maximum absolute atomic E-state index is 14.2. The lowest BCUT2D eigenvalue weighted by molar-refractivity contribution is -0.202. The minimum Gasteiger partial charge on any atom is -0.497 e. The molecule has 3 atom stereocenters. The number of ether oxygens (including phenoxy) is 1. The highest BCUT2D eigenvalue weighted by atomic mass is 19.4. The maximum atomic E-state index is 14.2. The molecule has 4 heterocycles. The molecule has 1 unspecified atom stereocenters. The first kappa shape index (κ1) is 34.4. The van der Waals surface area contributed by atoms with Gasteiger partial charge < -0.3 is 15.0 Å². The van der Waals surface area contributed by atoms with E-state index in [1.807, 2.05) is 6.92 Å². The van der Waals surface area contributed by atoms with Crippen molar-refractivity contribution in [2.24, 2.45) is 23.2 Å². The predicted molar refractivity (Wildman–Crippen MR) is 177 cm³/mol. The molecule has 1 aliphatic heterocycles. The van der Waals surface area contributed by atoms with Crippen LogP contribution in [0.2, 0.25) is 0 Å². The first-order chi connectivity index (χ1) is 23.4. The normalized spacial score (nSPS) is 23.9. The van der Waals surface area contributed by atoms with Crippen LogP contribution in [0.25, 0.3) is 5.65 Å². The standard InChI is InChI=1S/C36H44F3N7O3/c1-5-45-30(16-17-40-45)33(47)42-32(25-10-6-23(2)7-11-25)29-22-46-31(41-29)15-12-27(43-46)19-35(3)18-26(36(37,38)39)21-44(34(35)48)20-24-8-13-28(49-4)14-9-24/h8-9,12-17,22-23,25-26,32H,5-7,10-11,18-21H2,1-4H3,(H,42,47)/t23?,25?,26-,32+,35?/m1/s1. The highest BCUT2D eigenvalue weighted by Gasteiger charge is 2.52. The maximum Gasteiger partial charge on any atom is 0.393 e. The number of likely N-dealkylation sites (tertiary alicyclic amines) is 1. The molecule has 2 aliphatic rings. The molecule has 10 nitrogen and oxygen atoms in total. The van der Waals surface area contributed by atoms with E-state index in [4.69, 9.17) is 14.8 Å². The first-order valence-corrected chi connectivity index (χ1v) is 17.0. The molecule has 2 amide bonds. The number of amides is 2. The van der Waals surface area contributed by atoms with E-state index in [0.29, 0.717) is 40.9 Å². The molecule has 2 fully saturated rings. The summed E-state index contributed by atoms with van der Waals surface area (Å²) in [5, 5.41) is 12.2. The Labute approximate surface area is 284 Å². The molecule has 4 aromatic rings. The van der Waals surface area contributed by atoms with Gasteiger partial charge in [0.25, 0.3) is 5.91 Å². The molecule has 1 aromatic carbocycles. The van der Waals surface area contributed by atoms with Crippen molar-refractivity contribution in [1.82, 2.24) is 34.6 Å². The van der Waals surface area contributed by atoms with Crippen LogP contribution >= 0.6 is 0 Å². The Hall–Kier alpha value is -4.42. The predicted octanol–water partition coefficient (Wildman–Crippen LogP) is 6.41. The second-order valence-corrected chi connectivity index (χ2v) is 14.0. The average molecular weight is 680 g/mol. The summed E-state index contributed by atoms with van der Waals surface area (Å²) in [4.78, 5) is 33.5. The Morgan fingerprint density at radius 3 is 2.51 bits per heavy atom. The Kier molecular flexibility index (Phi) is 9.72. The molecule has 13 heteroatoms. The van der Waals surface area contributed by atoms with E-state index in [-0.39, 0.29) is 43.2 Å². The van der Waals surface area contributed by atoms with E-state index in [1.54, 1.807) is 71.0 Å². The Morgan fingerprint density at radius 2 is 1.84 bits per heavy atom. The van der Waals surface area contributed by atoms with Crippen molar-refractivity contribution < 1.29 is 27.5 Å². The summed E-state index contributed by atoms with van der Waals surface area (Å²) in [6.07, 6.45) is 2.65. The number of halogens is 3. The number of nitrogens with one attached hydrogen (secondary N) is 1. The monoisotopic (exact) mass is 679 g/mol. The van der Waals surface area contributed by atoms with Crippen molar-refractivity contribution >= 4 is 17.5 Å². The lowest BCUT2D eigenvalue weighted by Crippen LogP contribution is -2.54. The molecule has 49 heavy (non-hydrogen) atoms. The minimum absolute atomic E-state index is 0.0304. The molecule has 6 rings (SSSR count). The number of alkyl halides is 3. The van der Waals surface area contributed by atoms with Crippen LogP contribution in [0.4, 0.5) is 13.2 Å². The van der Waals surface area contributed by atoms with Crippen LogP contribution in [0.15, 0.2) is 54.9 Å². The number of carbonyl (C=O) groups excluding carboxylic acids is 2. The van der Waals surface area contributed by atoms with Crippen LogP contribution < -0.4 is 10.1 Å². The number of aryl methyl sites for hydroxylation is 1. The third-order valence-electron chi connectivity index (χ3n) is 10.3. The Morgan fingerprint density at radius 1 is 1.10 bits per heavy atom. The largest absolute Gasteiger partial charge is 0.497 e. The van der Waals surface area contributed by atoms with Gasteiger partial charge >= 0.3 is 6.18 Å². The van der Waals surface area contributed by atoms with E-state index in [0.717, 1.165) is 31.2 Å². The number of methoxy groups -OCH3 is 1. The van der Waals surface area contributed by atoms with Crippen LogP contribution in [-0.4, -0.2) is 60.9 Å². The second kappa shape index (κ2) is 13.8. The summed E-state index contributed by atoms with van der Waals surface area (Å²) < 4.78 is 51.1. The van der Waals surface area contributed by atoms with Crippen LogP contribution in [0.3, 0.4) is 0 Å². The number of hydrogen-bond acceptors (Lipinski definition) is 6. The number of aromatic nitrogens is 5. The van der Waals surface area contributed by atoms with Crippen LogP contribution in [-0.2, 0) is 24.3 Å². The molecule has 262 valence electrons. The fraction of sp³-hybridized carbons (Fsp3) is 0.528. The van der Waals surface area contributed by atoms with Gasteiger partial charge in [0.1, 0.15) is 11.4 Å². The van der Waals surface area contributed by atoms with Gasteiger partial charge in [0.15, 0.2) is 5.65 Å². The zero-order valence-corrected chi connectivity index (χ0v) is 28.4. The lowest BCUT2D eigenvalue weighted by atomic mass is 9.72.